The number of likely N-dealkylation sites (tertiary alicyclic amines) is 1. The molecule has 0 unspecified atom stereocenters. The Hall–Kier alpha value is -2.70. The third-order valence-corrected chi connectivity index (χ3v) is 6.89. The largest absolute Gasteiger partial charge is 0.339 e. The Bertz CT molecular complexity index is 942. The summed E-state index contributed by atoms with van der Waals surface area (Å²) in [7, 11) is 1.81. The number of rotatable bonds is 6. The van der Waals surface area contributed by atoms with Crippen molar-refractivity contribution in [2.24, 2.45) is 17.3 Å². The van der Waals surface area contributed by atoms with Gasteiger partial charge in [-0.05, 0) is 61.6 Å². The summed E-state index contributed by atoms with van der Waals surface area (Å²) in [5.41, 5.74) is 3.49. The maximum Gasteiger partial charge on any atom is 0.253 e. The number of carbonyl (C=O) groups is 2. The van der Waals surface area contributed by atoms with Gasteiger partial charge in [0.25, 0.3) is 5.91 Å². The van der Waals surface area contributed by atoms with E-state index in [9.17, 15) is 9.59 Å². The fourth-order valence-electron chi connectivity index (χ4n) is 4.80. The van der Waals surface area contributed by atoms with Crippen LogP contribution in [0.15, 0.2) is 28.9 Å². The molecule has 4 rings (SSSR count). The summed E-state index contributed by atoms with van der Waals surface area (Å²) in [5.74, 6) is 0.901. The van der Waals surface area contributed by atoms with Gasteiger partial charge in [-0.2, -0.15) is 0 Å². The van der Waals surface area contributed by atoms with Crippen molar-refractivity contribution >= 4 is 11.8 Å². The van der Waals surface area contributed by atoms with E-state index >= 15 is 0 Å². The highest BCUT2D eigenvalue weighted by molar-refractivity contribution is 5.94. The molecule has 0 radical (unpaired) electrons. The van der Waals surface area contributed by atoms with Crippen molar-refractivity contribution < 1.29 is 14.2 Å². The Morgan fingerprint density at radius 2 is 1.87 bits per heavy atom. The molecule has 2 aliphatic rings. The highest BCUT2D eigenvalue weighted by atomic mass is 16.6. The van der Waals surface area contributed by atoms with Gasteiger partial charge in [0.15, 0.2) is 0 Å². The molecule has 31 heavy (non-hydrogen) atoms. The van der Waals surface area contributed by atoms with Crippen molar-refractivity contribution in [3.05, 3.63) is 46.8 Å². The molecule has 1 aromatic heterocycles. The molecule has 1 saturated carbocycles. The minimum atomic E-state index is 0.0465. The molecule has 2 heterocycles. The molecule has 1 aliphatic heterocycles. The Labute approximate surface area is 183 Å². The van der Waals surface area contributed by atoms with Crippen molar-refractivity contribution in [2.45, 2.75) is 53.0 Å². The Balaban J connectivity index is 1.30. The number of amides is 2. The molecule has 1 atom stereocenters. The first-order valence-corrected chi connectivity index (χ1v) is 11.2. The minimum Gasteiger partial charge on any atom is -0.339 e. The number of aryl methyl sites for hydroxylation is 1. The minimum absolute atomic E-state index is 0.0465. The Morgan fingerprint density at radius 1 is 1.19 bits per heavy atom. The number of hydrogen-bond acceptors (Lipinski definition) is 5. The van der Waals surface area contributed by atoms with Crippen LogP contribution in [0.1, 0.15) is 60.4 Å². The maximum absolute atomic E-state index is 12.9. The number of hydrogen-bond donors (Lipinski definition) is 0. The third kappa shape index (κ3) is 4.50. The second-order valence-corrected chi connectivity index (χ2v) is 9.70. The zero-order chi connectivity index (χ0) is 22.2. The Morgan fingerprint density at radius 3 is 2.45 bits per heavy atom. The monoisotopic (exact) mass is 424 g/mol. The molecule has 1 aromatic carbocycles. The molecule has 1 aliphatic carbocycles. The zero-order valence-electron chi connectivity index (χ0n) is 18.9. The van der Waals surface area contributed by atoms with Gasteiger partial charge >= 0.3 is 0 Å². The first-order valence-electron chi connectivity index (χ1n) is 11.2. The van der Waals surface area contributed by atoms with Crippen molar-refractivity contribution in [2.75, 3.05) is 20.1 Å². The van der Waals surface area contributed by atoms with Crippen LogP contribution in [0.25, 0.3) is 0 Å². The molecule has 1 saturated heterocycles. The van der Waals surface area contributed by atoms with E-state index < -0.39 is 0 Å². The molecule has 166 valence electrons. The molecule has 0 bridgehead atoms. The molecule has 2 amide bonds. The highest BCUT2D eigenvalue weighted by Crippen LogP contribution is 2.60. The van der Waals surface area contributed by atoms with E-state index in [4.69, 9.17) is 4.63 Å². The van der Waals surface area contributed by atoms with Crippen molar-refractivity contribution in [3.8, 4) is 0 Å². The first kappa shape index (κ1) is 21.5. The SMILES string of the molecule is Cc1nonc1CN(C)C(=O)[C@H]1CC12CCN(C(=O)c1ccc(CC(C)C)cc1)CC2. The maximum atomic E-state index is 12.9. The quantitative estimate of drug-likeness (QED) is 0.709. The summed E-state index contributed by atoms with van der Waals surface area (Å²) in [6, 6.07) is 8.03. The lowest BCUT2D eigenvalue weighted by Crippen LogP contribution is -2.40. The molecule has 2 fully saturated rings. The van der Waals surface area contributed by atoms with Gasteiger partial charge in [-0.3, -0.25) is 9.59 Å². The van der Waals surface area contributed by atoms with Gasteiger partial charge < -0.3 is 9.80 Å². The van der Waals surface area contributed by atoms with E-state index in [1.54, 1.807) is 4.90 Å². The van der Waals surface area contributed by atoms with Crippen molar-refractivity contribution in [1.29, 1.82) is 0 Å². The smallest absolute Gasteiger partial charge is 0.253 e. The summed E-state index contributed by atoms with van der Waals surface area (Å²) >= 11 is 0. The number of carbonyl (C=O) groups excluding carboxylic acids is 2. The van der Waals surface area contributed by atoms with Crippen LogP contribution in [-0.2, 0) is 17.8 Å². The zero-order valence-corrected chi connectivity index (χ0v) is 18.9. The molecule has 0 N–H and O–H groups in total. The standard InChI is InChI=1S/C24H32N4O3/c1-16(2)13-18-5-7-19(8-6-18)22(29)28-11-9-24(10-12-28)14-20(24)23(30)27(4)15-21-17(3)25-31-26-21/h5-8,16,20H,9-15H2,1-4H3/t20-/m1/s1. The molecule has 7 nitrogen and oxygen atoms in total. The lowest BCUT2D eigenvalue weighted by atomic mass is 9.90. The second kappa shape index (κ2) is 8.44. The number of nitrogens with zero attached hydrogens (tertiary/aromatic N) is 4. The van der Waals surface area contributed by atoms with Crippen LogP contribution in [0, 0.1) is 24.2 Å². The second-order valence-electron chi connectivity index (χ2n) is 9.70. The number of aromatic nitrogens is 2. The first-order chi connectivity index (χ1) is 14.8. The van der Waals surface area contributed by atoms with Crippen LogP contribution in [-0.4, -0.2) is 52.1 Å². The predicted octanol–water partition coefficient (Wildman–Crippen LogP) is 3.48. The van der Waals surface area contributed by atoms with E-state index in [0.717, 1.165) is 31.2 Å². The summed E-state index contributed by atoms with van der Waals surface area (Å²) in [4.78, 5) is 29.5. The molecular formula is C24H32N4O3. The van der Waals surface area contributed by atoms with Crippen molar-refractivity contribution in [3.63, 3.8) is 0 Å². The molecular weight excluding hydrogens is 392 g/mol. The molecule has 2 aromatic rings. The Kier molecular flexibility index (Phi) is 5.86. The number of piperidine rings is 1. The average molecular weight is 425 g/mol. The highest BCUT2D eigenvalue weighted by Gasteiger charge is 2.59. The van der Waals surface area contributed by atoms with Gasteiger partial charge in [0.1, 0.15) is 11.4 Å². The van der Waals surface area contributed by atoms with Crippen LogP contribution in [0.3, 0.4) is 0 Å². The van der Waals surface area contributed by atoms with Crippen LogP contribution in [0.2, 0.25) is 0 Å². The predicted molar refractivity (Wildman–Crippen MR) is 116 cm³/mol. The fraction of sp³-hybridized carbons (Fsp3) is 0.583. The van der Waals surface area contributed by atoms with Gasteiger partial charge in [0.2, 0.25) is 5.91 Å². The summed E-state index contributed by atoms with van der Waals surface area (Å²) in [6.45, 7) is 8.07. The molecule has 7 heteroatoms. The van der Waals surface area contributed by atoms with Crippen LogP contribution < -0.4 is 0 Å². The van der Waals surface area contributed by atoms with E-state index in [2.05, 4.69) is 36.3 Å². The van der Waals surface area contributed by atoms with Gasteiger partial charge in [-0.1, -0.05) is 36.3 Å². The van der Waals surface area contributed by atoms with E-state index in [0.29, 0.717) is 36.9 Å². The topological polar surface area (TPSA) is 79.5 Å². The third-order valence-electron chi connectivity index (χ3n) is 6.89. The summed E-state index contributed by atoms with van der Waals surface area (Å²) < 4.78 is 4.73. The van der Waals surface area contributed by atoms with E-state index in [-0.39, 0.29) is 23.1 Å². The summed E-state index contributed by atoms with van der Waals surface area (Å²) in [5, 5.41) is 7.65. The van der Waals surface area contributed by atoms with E-state index in [1.165, 1.54) is 5.56 Å². The lowest BCUT2D eigenvalue weighted by Gasteiger charge is -2.33. The van der Waals surface area contributed by atoms with Gasteiger partial charge in [-0.25, -0.2) is 4.63 Å². The normalized spacial score (nSPS) is 19.6. The molecule has 1 spiro atoms. The van der Waals surface area contributed by atoms with Gasteiger partial charge in [0.05, 0.1) is 6.54 Å². The lowest BCUT2D eigenvalue weighted by molar-refractivity contribution is -0.133. The summed E-state index contributed by atoms with van der Waals surface area (Å²) in [6.07, 6.45) is 3.72. The van der Waals surface area contributed by atoms with Crippen LogP contribution in [0.4, 0.5) is 0 Å². The van der Waals surface area contributed by atoms with Crippen LogP contribution in [0.5, 0.6) is 0 Å². The average Bonchev–Trinajstić information content (AvgIpc) is 3.29. The van der Waals surface area contributed by atoms with E-state index in [1.807, 2.05) is 31.0 Å². The van der Waals surface area contributed by atoms with Gasteiger partial charge in [0, 0.05) is 31.6 Å². The number of benzene rings is 1. The van der Waals surface area contributed by atoms with Crippen molar-refractivity contribution in [1.82, 2.24) is 20.1 Å². The van der Waals surface area contributed by atoms with Crippen LogP contribution >= 0.6 is 0 Å². The fourth-order valence-corrected chi connectivity index (χ4v) is 4.80. The van der Waals surface area contributed by atoms with Gasteiger partial charge in [-0.15, -0.1) is 0 Å².